The standard InChI is InChI=1S/C22H28N4O4S/c1-25(2)31(29,30)20-10-6-8-18(14-20)22(28)23-15-21(27)24-19-9-5-7-17(13-19)16-26-11-3-4-12-26/h5-10,13-14H,3-4,11-12,15-16H2,1-2H3,(H,23,28)(H,24,27). The smallest absolute Gasteiger partial charge is 0.251 e. The number of likely N-dealkylation sites (tertiary alicyclic amines) is 1. The third kappa shape index (κ3) is 6.13. The van der Waals surface area contributed by atoms with Crippen LogP contribution in [0.5, 0.6) is 0 Å². The van der Waals surface area contributed by atoms with Crippen molar-refractivity contribution in [2.75, 3.05) is 39.0 Å². The fourth-order valence-corrected chi connectivity index (χ4v) is 4.37. The van der Waals surface area contributed by atoms with Gasteiger partial charge in [0, 0.05) is 31.9 Å². The first kappa shape index (κ1) is 22.9. The molecule has 1 fully saturated rings. The molecule has 1 heterocycles. The molecule has 0 aromatic heterocycles. The second-order valence-electron chi connectivity index (χ2n) is 7.73. The first-order valence-electron chi connectivity index (χ1n) is 10.2. The van der Waals surface area contributed by atoms with Crippen LogP contribution in [0.2, 0.25) is 0 Å². The molecule has 1 aliphatic heterocycles. The summed E-state index contributed by atoms with van der Waals surface area (Å²) < 4.78 is 25.6. The zero-order valence-electron chi connectivity index (χ0n) is 17.8. The van der Waals surface area contributed by atoms with Gasteiger partial charge in [-0.05, 0) is 61.8 Å². The van der Waals surface area contributed by atoms with Crippen LogP contribution in [0, 0.1) is 0 Å². The quantitative estimate of drug-likeness (QED) is 0.648. The van der Waals surface area contributed by atoms with E-state index in [-0.39, 0.29) is 22.9 Å². The zero-order valence-corrected chi connectivity index (χ0v) is 18.6. The molecule has 0 saturated carbocycles. The van der Waals surface area contributed by atoms with Crippen LogP contribution in [0.15, 0.2) is 53.4 Å². The van der Waals surface area contributed by atoms with E-state index < -0.39 is 15.9 Å². The van der Waals surface area contributed by atoms with Crippen molar-refractivity contribution in [1.82, 2.24) is 14.5 Å². The fourth-order valence-electron chi connectivity index (χ4n) is 3.42. The monoisotopic (exact) mass is 444 g/mol. The molecule has 0 atom stereocenters. The van der Waals surface area contributed by atoms with E-state index >= 15 is 0 Å². The van der Waals surface area contributed by atoms with E-state index in [9.17, 15) is 18.0 Å². The minimum atomic E-state index is -3.65. The number of sulfonamides is 1. The zero-order chi connectivity index (χ0) is 22.4. The average Bonchev–Trinajstić information content (AvgIpc) is 3.25. The molecule has 8 nitrogen and oxygen atoms in total. The first-order valence-corrected chi connectivity index (χ1v) is 11.6. The predicted molar refractivity (Wildman–Crippen MR) is 119 cm³/mol. The highest BCUT2D eigenvalue weighted by Gasteiger charge is 2.19. The Morgan fingerprint density at radius 2 is 1.74 bits per heavy atom. The molecule has 2 N–H and O–H groups in total. The number of nitrogens with zero attached hydrogens (tertiary/aromatic N) is 2. The summed E-state index contributed by atoms with van der Waals surface area (Å²) in [5.41, 5.74) is 1.97. The van der Waals surface area contributed by atoms with Crippen molar-refractivity contribution in [3.05, 3.63) is 59.7 Å². The lowest BCUT2D eigenvalue weighted by Crippen LogP contribution is -2.33. The molecule has 9 heteroatoms. The van der Waals surface area contributed by atoms with E-state index in [1.165, 1.54) is 51.2 Å². The van der Waals surface area contributed by atoms with Crippen molar-refractivity contribution >= 4 is 27.5 Å². The van der Waals surface area contributed by atoms with Crippen LogP contribution in [0.4, 0.5) is 5.69 Å². The van der Waals surface area contributed by atoms with Gasteiger partial charge in [-0.25, -0.2) is 12.7 Å². The Morgan fingerprint density at radius 3 is 2.45 bits per heavy atom. The predicted octanol–water partition coefficient (Wildman–Crippen LogP) is 1.90. The highest BCUT2D eigenvalue weighted by molar-refractivity contribution is 7.89. The summed E-state index contributed by atoms with van der Waals surface area (Å²) in [6, 6.07) is 13.4. The van der Waals surface area contributed by atoms with Crippen LogP contribution in [0.3, 0.4) is 0 Å². The number of carbonyl (C=O) groups excluding carboxylic acids is 2. The topological polar surface area (TPSA) is 98.8 Å². The minimum absolute atomic E-state index is 0.0180. The van der Waals surface area contributed by atoms with Gasteiger partial charge < -0.3 is 10.6 Å². The third-order valence-electron chi connectivity index (χ3n) is 5.10. The number of rotatable bonds is 8. The molecule has 31 heavy (non-hydrogen) atoms. The van der Waals surface area contributed by atoms with Crippen molar-refractivity contribution in [1.29, 1.82) is 0 Å². The molecule has 0 bridgehead atoms. The highest BCUT2D eigenvalue weighted by atomic mass is 32.2. The molecule has 0 unspecified atom stereocenters. The molecular formula is C22H28N4O4S. The van der Waals surface area contributed by atoms with Crippen LogP contribution >= 0.6 is 0 Å². The summed E-state index contributed by atoms with van der Waals surface area (Å²) in [6.45, 7) is 2.83. The number of anilines is 1. The Balaban J connectivity index is 1.56. The van der Waals surface area contributed by atoms with Crippen LogP contribution in [0.25, 0.3) is 0 Å². The maximum atomic E-state index is 12.4. The van der Waals surface area contributed by atoms with Crippen LogP contribution in [-0.2, 0) is 21.4 Å². The number of amides is 2. The Bertz CT molecular complexity index is 1050. The average molecular weight is 445 g/mol. The lowest BCUT2D eigenvalue weighted by Gasteiger charge is -2.15. The largest absolute Gasteiger partial charge is 0.343 e. The number of hydrogen-bond donors (Lipinski definition) is 2. The second kappa shape index (κ2) is 10.0. The van der Waals surface area contributed by atoms with Gasteiger partial charge in [-0.3, -0.25) is 14.5 Å². The molecule has 0 aliphatic carbocycles. The van der Waals surface area contributed by atoms with Crippen molar-refractivity contribution < 1.29 is 18.0 Å². The van der Waals surface area contributed by atoms with Gasteiger partial charge in [0.15, 0.2) is 0 Å². The van der Waals surface area contributed by atoms with Crippen LogP contribution in [0.1, 0.15) is 28.8 Å². The molecule has 3 rings (SSSR count). The van der Waals surface area contributed by atoms with Gasteiger partial charge in [0.25, 0.3) is 5.91 Å². The van der Waals surface area contributed by atoms with E-state index in [4.69, 9.17) is 0 Å². The maximum Gasteiger partial charge on any atom is 0.251 e. The number of benzene rings is 2. The van der Waals surface area contributed by atoms with Crippen molar-refractivity contribution in [2.24, 2.45) is 0 Å². The van der Waals surface area contributed by atoms with E-state index in [1.807, 2.05) is 24.3 Å². The van der Waals surface area contributed by atoms with Gasteiger partial charge in [-0.1, -0.05) is 18.2 Å². The number of carbonyl (C=O) groups is 2. The summed E-state index contributed by atoms with van der Waals surface area (Å²) in [4.78, 5) is 27.1. The summed E-state index contributed by atoms with van der Waals surface area (Å²) in [6.07, 6.45) is 2.44. The summed E-state index contributed by atoms with van der Waals surface area (Å²) in [7, 11) is -0.801. The summed E-state index contributed by atoms with van der Waals surface area (Å²) in [5.74, 6) is -0.877. The lowest BCUT2D eigenvalue weighted by atomic mass is 10.2. The van der Waals surface area contributed by atoms with E-state index in [2.05, 4.69) is 15.5 Å². The minimum Gasteiger partial charge on any atom is -0.343 e. The van der Waals surface area contributed by atoms with Crippen LogP contribution in [-0.4, -0.2) is 63.2 Å². The van der Waals surface area contributed by atoms with Gasteiger partial charge in [0.1, 0.15) is 0 Å². The Hall–Kier alpha value is -2.75. The summed E-state index contributed by atoms with van der Waals surface area (Å²) in [5, 5.41) is 5.32. The summed E-state index contributed by atoms with van der Waals surface area (Å²) >= 11 is 0. The van der Waals surface area contributed by atoms with Crippen molar-refractivity contribution in [3.63, 3.8) is 0 Å². The Morgan fingerprint density at radius 1 is 1.03 bits per heavy atom. The molecule has 1 saturated heterocycles. The molecule has 0 radical (unpaired) electrons. The first-order chi connectivity index (χ1) is 14.8. The molecular weight excluding hydrogens is 416 g/mol. The SMILES string of the molecule is CN(C)S(=O)(=O)c1cccc(C(=O)NCC(=O)Nc2cccc(CN3CCCC3)c2)c1. The number of nitrogens with one attached hydrogen (secondary N) is 2. The van der Waals surface area contributed by atoms with Crippen molar-refractivity contribution in [3.8, 4) is 0 Å². The highest BCUT2D eigenvalue weighted by Crippen LogP contribution is 2.17. The van der Waals surface area contributed by atoms with Crippen molar-refractivity contribution in [2.45, 2.75) is 24.3 Å². The molecule has 0 spiro atoms. The second-order valence-corrected chi connectivity index (χ2v) is 9.88. The lowest BCUT2D eigenvalue weighted by molar-refractivity contribution is -0.115. The molecule has 1 aliphatic rings. The van der Waals surface area contributed by atoms with Gasteiger partial charge in [0.2, 0.25) is 15.9 Å². The normalized spacial score (nSPS) is 14.5. The fraction of sp³-hybridized carbons (Fsp3) is 0.364. The van der Waals surface area contributed by atoms with Gasteiger partial charge in [0.05, 0.1) is 11.4 Å². The molecule has 2 aromatic rings. The molecule has 2 amide bonds. The maximum absolute atomic E-state index is 12.4. The van der Waals surface area contributed by atoms with E-state index in [1.54, 1.807) is 0 Å². The van der Waals surface area contributed by atoms with Gasteiger partial charge in [-0.2, -0.15) is 0 Å². The third-order valence-corrected chi connectivity index (χ3v) is 6.91. The van der Waals surface area contributed by atoms with Gasteiger partial charge in [-0.15, -0.1) is 0 Å². The Kier molecular flexibility index (Phi) is 7.42. The number of hydrogen-bond acceptors (Lipinski definition) is 5. The molecule has 166 valence electrons. The molecule has 2 aromatic carbocycles. The Labute approximate surface area is 183 Å². The van der Waals surface area contributed by atoms with E-state index in [0.717, 1.165) is 29.5 Å². The van der Waals surface area contributed by atoms with E-state index in [0.29, 0.717) is 5.69 Å². The van der Waals surface area contributed by atoms with Gasteiger partial charge >= 0.3 is 0 Å². The van der Waals surface area contributed by atoms with Crippen LogP contribution < -0.4 is 10.6 Å².